The van der Waals surface area contributed by atoms with Gasteiger partial charge in [0.05, 0.1) is 64.2 Å². The monoisotopic (exact) mass is 2470 g/mol. The third-order valence-electron chi connectivity index (χ3n) is 18.9. The van der Waals surface area contributed by atoms with Crippen LogP contribution in [0.2, 0.25) is 36.3 Å². The number of alkyl halides is 5. The van der Waals surface area contributed by atoms with Gasteiger partial charge in [0.2, 0.25) is 16.6 Å². The second-order valence-electron chi connectivity index (χ2n) is 39.1. The van der Waals surface area contributed by atoms with Gasteiger partial charge >= 0.3 is 194 Å². The zero-order valence-corrected chi connectivity index (χ0v) is 105. The van der Waals surface area contributed by atoms with Crippen molar-refractivity contribution in [1.82, 2.24) is 43.0 Å². The molecule has 0 atom stereocenters. The fourth-order valence-electron chi connectivity index (χ4n) is 11.4. The van der Waals surface area contributed by atoms with Gasteiger partial charge in [0, 0.05) is 40.0 Å². The van der Waals surface area contributed by atoms with Crippen LogP contribution in [0.25, 0.3) is 86.1 Å². The molecule has 13 rings (SSSR count). The summed E-state index contributed by atoms with van der Waals surface area (Å²) in [6.07, 6.45) is -6.13. The van der Waals surface area contributed by atoms with E-state index < -0.39 is 106 Å². The number of aromatic hydroxyl groups is 1. The van der Waals surface area contributed by atoms with Crippen molar-refractivity contribution in [2.75, 3.05) is 23.9 Å². The first kappa shape index (κ1) is 123. The zero-order valence-electron chi connectivity index (χ0n) is 83.3. The third kappa shape index (κ3) is 35.8. The molecule has 0 amide bonds. The zero-order chi connectivity index (χ0) is 102. The molecule has 12 aromatic rings. The van der Waals surface area contributed by atoms with Crippen molar-refractivity contribution >= 4 is 230 Å². The Bertz CT molecular complexity index is 6130. The number of benzene rings is 3. The Kier molecular flexibility index (Phi) is 45.8. The molecule has 1 fully saturated rings. The van der Waals surface area contributed by atoms with E-state index >= 15 is 0 Å². The van der Waals surface area contributed by atoms with Crippen LogP contribution < -0.4 is 157 Å². The number of nitrogens with zero attached hydrogens (tertiary/aromatic N) is 9. The molecule has 0 unspecified atom stereocenters. The minimum absolute atomic E-state index is 0. The summed E-state index contributed by atoms with van der Waals surface area (Å²) in [7, 11) is -5.89. The summed E-state index contributed by atoms with van der Waals surface area (Å²) < 4.78 is 104. The van der Waals surface area contributed by atoms with Crippen molar-refractivity contribution < 1.29 is 262 Å². The molecule has 10 heterocycles. The van der Waals surface area contributed by atoms with Gasteiger partial charge in [-0.05, 0) is 303 Å². The first-order valence-corrected chi connectivity index (χ1v) is 53.7. The Morgan fingerprint density at radius 1 is 0.478 bits per heavy atom. The van der Waals surface area contributed by atoms with Crippen molar-refractivity contribution in [2.24, 2.45) is 0 Å². The van der Waals surface area contributed by atoms with Crippen molar-refractivity contribution in [3.8, 4) is 40.0 Å². The summed E-state index contributed by atoms with van der Waals surface area (Å²) in [6.45, 7) is 56.0. The van der Waals surface area contributed by atoms with Crippen LogP contribution in [-0.4, -0.2) is 195 Å². The molecule has 9 aromatic heterocycles. The largest absolute Gasteiger partial charge is 1.00 e. The topological polar surface area (TPSA) is 381 Å². The standard InChI is InChI=1S/C29H39N3O5SSi.C23H25N3O5S.C19H30BNO5Si.C10H11IN2O2S.C4H8O.C2H4Br2.C2F4O.CH2O3.2Cs.H/c1-27(2,3)35-25(33)31-20-13-12-19(37-39(10,11)29(7,8)9)16-18(20)17-22(31)23-24-21(14-15-38-24)32(30-23)26(34)36-28(4,5)6;1-22(2,3)30-20(28)25-15-8-7-14(27)11-13(15)12-17(25)18-19-16(9-10-32-19)26(24-18)21(29)31-23(4,5)6;1-18(2,3)25-17(22)21-15-10-9-14(26-27(7,8)19(4,5)6)11-13(15)12-16(21)20(23)24;1-10(2,3)15-9(14)13-6-4-5-16-7(6)8(11)12-13;1-2-4-5-3-1;3-1-2-4;3-1(7)2(4,5)6;2-1-4-3;;;/h12-17H,1-11H3;7-12,27H,1-6H3;9-12,23-24H,1-8H3;4-5H,1-3H3;1-4H2;1-2H2;;1,3H;;;/q;;;;;;;;2*+1;-1/p-1. The molecule has 736 valence electrons. The minimum Gasteiger partial charge on any atom is -1.00 e. The number of carbonyl (C=O) groups is 8. The average molecular weight is 2470 g/mol. The van der Waals surface area contributed by atoms with E-state index in [-0.39, 0.29) is 167 Å². The Balaban J connectivity index is 0.000000447. The number of thiophene rings is 3. The molecular weight excluding hydrogens is 2350 g/mol. The molecule has 1 aliphatic rings. The van der Waals surface area contributed by atoms with Crippen molar-refractivity contribution in [1.29, 1.82) is 0 Å². The SMILES string of the molecule is BrCCBr.C1CCOC1.CC(C)(C)OC(=O)n1c(B(O)O)cc2cc(O[Si](C)(C)C(C)(C)C)ccc21.CC(C)(C)OC(=O)n1nc(-c2cc3cc(O)ccc3n2C(=O)OC(C)(C)C)c2sccc21.CC(C)(C)OC(=O)n1nc(-c2cc3cc(O[Si](C)(C)C(C)(C)C)ccc3n2C(=O)OC(C)(C)C)c2sccc21.CC(C)(C)OC(=O)n1nc(I)c2sccc21.O=C(F)C(F)(F)F.O=CO[O-].[Cs+].[Cs+].[H-]. The number of phenols is 1. The van der Waals surface area contributed by atoms with Gasteiger partial charge in [-0.25, -0.2) is 37.9 Å². The number of hydrogen-bond acceptors (Lipinski definition) is 28. The Hall–Kier alpha value is -5.00. The van der Waals surface area contributed by atoms with Crippen LogP contribution in [0.5, 0.6) is 17.2 Å². The summed E-state index contributed by atoms with van der Waals surface area (Å²) in [5.41, 5.74) is 1.77. The predicted octanol–water partition coefficient (Wildman–Crippen LogP) is 17.8. The Morgan fingerprint density at radius 2 is 0.772 bits per heavy atom. The quantitative estimate of drug-likeness (QED) is 0.0139. The molecule has 0 bridgehead atoms. The van der Waals surface area contributed by atoms with Crippen LogP contribution in [0.1, 0.15) is 180 Å². The number of fused-ring (bicyclic) bond motifs is 6. The van der Waals surface area contributed by atoms with E-state index in [4.69, 9.17) is 56.9 Å². The number of rotatable bonds is 9. The average Bonchev–Trinajstić information content (AvgIpc) is 1.59. The van der Waals surface area contributed by atoms with Crippen LogP contribution in [0.15, 0.2) is 107 Å². The van der Waals surface area contributed by atoms with Crippen LogP contribution >= 0.6 is 88.5 Å². The molecule has 46 heteroatoms. The summed E-state index contributed by atoms with van der Waals surface area (Å²) in [5, 5.41) is 61.2. The maximum absolute atomic E-state index is 13.6. The van der Waals surface area contributed by atoms with Gasteiger partial charge in [0.15, 0.2) is 0 Å². The smallest absolute Gasteiger partial charge is 1.00 e. The van der Waals surface area contributed by atoms with Crippen molar-refractivity contribution in [3.63, 3.8) is 0 Å². The molecule has 0 saturated carbocycles. The van der Waals surface area contributed by atoms with E-state index in [0.717, 1.165) is 58.3 Å². The Labute approximate surface area is 952 Å². The van der Waals surface area contributed by atoms with E-state index in [0.29, 0.717) is 66.9 Å². The number of halogens is 7. The van der Waals surface area contributed by atoms with Gasteiger partial charge < -0.3 is 68.7 Å². The van der Waals surface area contributed by atoms with E-state index in [1.807, 2.05) is 121 Å². The van der Waals surface area contributed by atoms with Crippen LogP contribution in [0.3, 0.4) is 0 Å². The van der Waals surface area contributed by atoms with Crippen molar-refractivity contribution in [3.05, 3.63) is 111 Å². The first-order chi connectivity index (χ1) is 61.4. The number of carbonyl (C=O) groups excluding carboxylic acids is 8. The number of aromatic nitrogens is 9. The number of ether oxygens (including phenoxy) is 7. The van der Waals surface area contributed by atoms with Gasteiger partial charge in [0.25, 0.3) is 6.47 Å². The maximum atomic E-state index is 13.6. The summed E-state index contributed by atoms with van der Waals surface area (Å²) >= 11 is 12.9. The van der Waals surface area contributed by atoms with Gasteiger partial charge in [-0.15, -0.1) is 34.0 Å². The minimum atomic E-state index is -5.31. The second-order valence-corrected chi connectivity index (χ2v) is 53.9. The normalized spacial score (nSPS) is 12.5. The molecule has 0 spiro atoms. The van der Waals surface area contributed by atoms with Gasteiger partial charge in [-0.1, -0.05) is 73.4 Å². The second kappa shape index (κ2) is 50.5. The summed E-state index contributed by atoms with van der Waals surface area (Å²) in [5.74, 6) is 1.53. The molecule has 3 aromatic carbocycles. The number of phenolic OH excluding ortho intramolecular Hbond substituents is 1. The van der Waals surface area contributed by atoms with Crippen LogP contribution in [-0.2, 0) is 47.6 Å². The fraction of sp³-hybridized carbons (Fsp3) is 0.478. The van der Waals surface area contributed by atoms with E-state index in [1.54, 1.807) is 116 Å². The molecule has 3 N–H and O–H groups in total. The molecule has 0 aliphatic carbocycles. The summed E-state index contributed by atoms with van der Waals surface area (Å²) in [4.78, 5) is 96.9. The molecule has 1 saturated heterocycles. The van der Waals surface area contributed by atoms with E-state index in [9.17, 15) is 61.5 Å². The van der Waals surface area contributed by atoms with Crippen LogP contribution in [0.4, 0.5) is 46.3 Å². The molecular formula is C90H119BBr2Cs2F4IN9O22S3Si2. The van der Waals surface area contributed by atoms with Crippen molar-refractivity contribution in [2.45, 2.75) is 255 Å². The predicted molar refractivity (Wildman–Crippen MR) is 534 cm³/mol. The third-order valence-corrected chi connectivity index (χ3v) is 33.3. The van der Waals surface area contributed by atoms with Gasteiger partial charge in [-0.2, -0.15) is 46.9 Å². The van der Waals surface area contributed by atoms with Crippen LogP contribution in [0, 0.1) is 3.70 Å². The first-order valence-electron chi connectivity index (χ1n) is 41.9. The maximum Gasteiger partial charge on any atom is 1.00 e. The van der Waals surface area contributed by atoms with E-state index in [1.165, 1.54) is 69.3 Å². The van der Waals surface area contributed by atoms with E-state index in [2.05, 4.69) is 142 Å². The molecule has 31 nitrogen and oxygen atoms in total. The number of hydrogen-bond donors (Lipinski definition) is 3. The Morgan fingerprint density at radius 3 is 1.07 bits per heavy atom. The molecule has 0 radical (unpaired) electrons. The van der Waals surface area contributed by atoms with Gasteiger partial charge in [0.1, 0.15) is 65.9 Å². The molecule has 136 heavy (non-hydrogen) atoms. The summed E-state index contributed by atoms with van der Waals surface area (Å²) in [6, 6.07) is 23.3. The fourth-order valence-corrected chi connectivity index (χ4v) is 16.8. The van der Waals surface area contributed by atoms with Gasteiger partial charge in [-0.3, -0.25) is 14.2 Å². The molecule has 1 aliphatic heterocycles.